The average molecular weight is 401 g/mol. The number of H-pyrrole nitrogens is 1. The van der Waals surface area contributed by atoms with E-state index in [1.165, 1.54) is 24.8 Å². The Labute approximate surface area is 166 Å². The lowest BCUT2D eigenvalue weighted by Gasteiger charge is -2.18. The van der Waals surface area contributed by atoms with Gasteiger partial charge in [-0.1, -0.05) is 0 Å². The zero-order valence-electron chi connectivity index (χ0n) is 15.6. The van der Waals surface area contributed by atoms with Gasteiger partial charge in [-0.3, -0.25) is 10.4 Å². The number of aromatic amines is 1. The Morgan fingerprint density at radius 2 is 2.10 bits per heavy atom. The van der Waals surface area contributed by atoms with Crippen molar-refractivity contribution in [1.82, 2.24) is 19.9 Å². The van der Waals surface area contributed by atoms with Crippen LogP contribution >= 0.6 is 0 Å². The second kappa shape index (κ2) is 9.78. The first-order valence-corrected chi connectivity index (χ1v) is 9.02. The molecule has 0 aliphatic carbocycles. The Balaban J connectivity index is 1.75. The van der Waals surface area contributed by atoms with Gasteiger partial charge in [0.15, 0.2) is 0 Å². The molecule has 0 bridgehead atoms. The molecule has 3 heterocycles. The van der Waals surface area contributed by atoms with E-state index in [-0.39, 0.29) is 6.04 Å². The van der Waals surface area contributed by atoms with E-state index in [2.05, 4.69) is 24.9 Å². The number of nitrogens with two attached hydrogens (primary N) is 1. The number of allylic oxidation sites excluding steroid dienone is 2. The maximum absolute atomic E-state index is 12.4. The van der Waals surface area contributed by atoms with Crippen molar-refractivity contribution in [2.75, 3.05) is 13.2 Å². The summed E-state index contributed by atoms with van der Waals surface area (Å²) in [5.74, 6) is 0.334. The summed E-state index contributed by atoms with van der Waals surface area (Å²) >= 11 is 0. The predicted molar refractivity (Wildman–Crippen MR) is 107 cm³/mol. The summed E-state index contributed by atoms with van der Waals surface area (Å²) < 4.78 is 30.1. The number of alkyl halides is 2. The molecule has 29 heavy (non-hydrogen) atoms. The number of aromatic nitrogens is 4. The van der Waals surface area contributed by atoms with Crippen LogP contribution in [0.15, 0.2) is 35.9 Å². The number of imidazole rings is 1. The van der Waals surface area contributed by atoms with E-state index < -0.39 is 12.1 Å². The smallest absolute Gasteiger partial charge is 0.279 e. The third-order valence-corrected chi connectivity index (χ3v) is 4.28. The number of halogens is 2. The summed E-state index contributed by atoms with van der Waals surface area (Å²) in [6.07, 6.45) is 7.30. The van der Waals surface area contributed by atoms with Crippen molar-refractivity contribution < 1.29 is 13.5 Å². The van der Waals surface area contributed by atoms with Crippen LogP contribution in [0.3, 0.4) is 0 Å². The molecule has 3 rings (SSSR count). The molecule has 0 spiro atoms. The number of nitrogens with one attached hydrogen (secondary N) is 2. The quantitative estimate of drug-likeness (QED) is 0.615. The van der Waals surface area contributed by atoms with Gasteiger partial charge in [-0.25, -0.2) is 23.7 Å². The van der Waals surface area contributed by atoms with Gasteiger partial charge in [-0.05, 0) is 31.1 Å². The van der Waals surface area contributed by atoms with Crippen LogP contribution in [0.2, 0.25) is 0 Å². The van der Waals surface area contributed by atoms with Gasteiger partial charge < -0.3 is 15.5 Å². The monoisotopic (exact) mass is 401 g/mol. The largest absolute Gasteiger partial charge is 0.404 e. The fourth-order valence-corrected chi connectivity index (χ4v) is 2.67. The van der Waals surface area contributed by atoms with Crippen LogP contribution in [0, 0.1) is 5.41 Å². The van der Waals surface area contributed by atoms with Crippen LogP contribution in [0.5, 0.6) is 0 Å². The van der Waals surface area contributed by atoms with Gasteiger partial charge >= 0.3 is 0 Å². The van der Waals surface area contributed by atoms with E-state index in [0.717, 1.165) is 18.9 Å². The van der Waals surface area contributed by atoms with E-state index in [9.17, 15) is 8.78 Å². The number of aliphatic imine (C=N–C) groups is 1. The van der Waals surface area contributed by atoms with Crippen molar-refractivity contribution in [1.29, 1.82) is 5.41 Å². The minimum Gasteiger partial charge on any atom is -0.404 e. The molecular formula is C19H21F2N7O. The molecule has 2 aromatic heterocycles. The summed E-state index contributed by atoms with van der Waals surface area (Å²) in [6.45, 7) is 1.41. The molecule has 152 valence electrons. The molecule has 0 radical (unpaired) electrons. The standard InChI is InChI=1S/C19H21F2N7O/c20-19(21)14(23)1-2-18-25-10-17(28-18)16-7-15(26-11-27-16)12(8-22)9-24-13-3-5-29-6-4-13/h1-2,7-11,13,19,23H,3-6,22H2,(H,25,28)/b2-1-,12-8?,23-14?,24-9?. The number of hydrogen-bond acceptors (Lipinski definition) is 7. The van der Waals surface area contributed by atoms with Crippen molar-refractivity contribution >= 4 is 23.6 Å². The maximum Gasteiger partial charge on any atom is 0.279 e. The first kappa shape index (κ1) is 20.5. The van der Waals surface area contributed by atoms with Gasteiger partial charge in [-0.15, -0.1) is 0 Å². The molecule has 1 aliphatic heterocycles. The molecular weight excluding hydrogens is 380 g/mol. The van der Waals surface area contributed by atoms with Crippen LogP contribution in [-0.4, -0.2) is 57.5 Å². The molecule has 1 aliphatic rings. The Morgan fingerprint density at radius 1 is 1.31 bits per heavy atom. The lowest BCUT2D eigenvalue weighted by Crippen LogP contribution is -2.18. The van der Waals surface area contributed by atoms with Crippen molar-refractivity contribution in [3.8, 4) is 11.4 Å². The fourth-order valence-electron chi connectivity index (χ4n) is 2.67. The van der Waals surface area contributed by atoms with Crippen molar-refractivity contribution in [3.05, 3.63) is 42.4 Å². The lowest BCUT2D eigenvalue weighted by molar-refractivity contribution is 0.0872. The van der Waals surface area contributed by atoms with Crippen LogP contribution in [0.25, 0.3) is 23.0 Å². The molecule has 1 fully saturated rings. The molecule has 0 saturated carbocycles. The van der Waals surface area contributed by atoms with Crippen molar-refractivity contribution in [2.45, 2.75) is 25.3 Å². The van der Waals surface area contributed by atoms with Gasteiger partial charge in [0.1, 0.15) is 12.2 Å². The average Bonchev–Trinajstić information content (AvgIpc) is 3.22. The summed E-state index contributed by atoms with van der Waals surface area (Å²) in [5.41, 5.74) is 7.37. The molecule has 10 heteroatoms. The maximum atomic E-state index is 12.4. The van der Waals surface area contributed by atoms with E-state index >= 15 is 0 Å². The van der Waals surface area contributed by atoms with E-state index in [1.54, 1.807) is 12.3 Å². The SMILES string of the molecule is N=C(/C=C\c1ncc(-c2cc(C(C=NC3CCOCC3)=CN)ncn2)[nH]1)C(F)F. The predicted octanol–water partition coefficient (Wildman–Crippen LogP) is 2.71. The molecule has 1 saturated heterocycles. The van der Waals surface area contributed by atoms with E-state index in [1.807, 2.05) is 0 Å². The number of rotatable bonds is 7. The fraction of sp³-hybridized carbons (Fsp3) is 0.316. The second-order valence-corrected chi connectivity index (χ2v) is 6.30. The molecule has 0 amide bonds. The normalized spacial score (nSPS) is 16.3. The highest BCUT2D eigenvalue weighted by Gasteiger charge is 2.13. The molecule has 2 aromatic rings. The third kappa shape index (κ3) is 5.61. The van der Waals surface area contributed by atoms with E-state index in [0.29, 0.717) is 41.7 Å². The minimum absolute atomic E-state index is 0.203. The lowest BCUT2D eigenvalue weighted by atomic mass is 10.1. The van der Waals surface area contributed by atoms with Gasteiger partial charge in [0, 0.05) is 31.2 Å². The van der Waals surface area contributed by atoms with Crippen LogP contribution in [-0.2, 0) is 4.74 Å². The number of hydrogen-bond donors (Lipinski definition) is 3. The third-order valence-electron chi connectivity index (χ3n) is 4.28. The van der Waals surface area contributed by atoms with Gasteiger partial charge in [0.25, 0.3) is 6.43 Å². The highest BCUT2D eigenvalue weighted by atomic mass is 19.3. The Hall–Kier alpha value is -3.27. The summed E-state index contributed by atoms with van der Waals surface area (Å²) in [6, 6.07) is 1.94. The van der Waals surface area contributed by atoms with Gasteiger partial charge in [-0.2, -0.15) is 0 Å². The molecule has 0 unspecified atom stereocenters. The highest BCUT2D eigenvalue weighted by molar-refractivity contribution is 6.09. The van der Waals surface area contributed by atoms with Crippen molar-refractivity contribution in [2.24, 2.45) is 10.7 Å². The molecule has 0 atom stereocenters. The topological polar surface area (TPSA) is 126 Å². The minimum atomic E-state index is -2.82. The van der Waals surface area contributed by atoms with Gasteiger partial charge in [0.05, 0.1) is 35.0 Å². The molecule has 8 nitrogen and oxygen atoms in total. The number of nitrogens with zero attached hydrogens (tertiary/aromatic N) is 4. The van der Waals surface area contributed by atoms with Crippen LogP contribution in [0.4, 0.5) is 8.78 Å². The Morgan fingerprint density at radius 3 is 2.83 bits per heavy atom. The van der Waals surface area contributed by atoms with Gasteiger partial charge in [0.2, 0.25) is 0 Å². The molecule has 4 N–H and O–H groups in total. The van der Waals surface area contributed by atoms with E-state index in [4.69, 9.17) is 15.9 Å². The Bertz CT molecular complexity index is 930. The van der Waals surface area contributed by atoms with Crippen molar-refractivity contribution in [3.63, 3.8) is 0 Å². The van der Waals surface area contributed by atoms with Crippen LogP contribution in [0.1, 0.15) is 24.4 Å². The molecule has 0 aromatic carbocycles. The van der Waals surface area contributed by atoms with Crippen LogP contribution < -0.4 is 5.73 Å². The Kier molecular flexibility index (Phi) is 6.90. The summed E-state index contributed by atoms with van der Waals surface area (Å²) in [7, 11) is 0. The highest BCUT2D eigenvalue weighted by Crippen LogP contribution is 2.19. The zero-order valence-corrected chi connectivity index (χ0v) is 15.6. The first-order chi connectivity index (χ1) is 14.1. The summed E-state index contributed by atoms with van der Waals surface area (Å²) in [5, 5.41) is 7.14. The summed E-state index contributed by atoms with van der Waals surface area (Å²) in [4.78, 5) is 20.1. The first-order valence-electron chi connectivity index (χ1n) is 9.02. The number of ether oxygens (including phenoxy) is 1. The second-order valence-electron chi connectivity index (χ2n) is 6.30. The zero-order chi connectivity index (χ0) is 20.6.